The van der Waals surface area contributed by atoms with Crippen molar-refractivity contribution in [3.8, 4) is 0 Å². The quantitative estimate of drug-likeness (QED) is 0.404. The summed E-state index contributed by atoms with van der Waals surface area (Å²) in [5.74, 6) is 0. The molecule has 0 N–H and O–H groups in total. The van der Waals surface area contributed by atoms with Crippen LogP contribution in [0, 0.1) is 0 Å². The molecule has 1 saturated heterocycles. The van der Waals surface area contributed by atoms with Crippen LogP contribution in [0.4, 0.5) is 0 Å². The van der Waals surface area contributed by atoms with E-state index in [2.05, 4.69) is 12.6 Å². The first kappa shape index (κ1) is 15.1. The summed E-state index contributed by atoms with van der Waals surface area (Å²) in [6, 6.07) is 0. The second-order valence-corrected chi connectivity index (χ2v) is 7.68. The van der Waals surface area contributed by atoms with Gasteiger partial charge in [0.1, 0.15) is 0 Å². The van der Waals surface area contributed by atoms with E-state index in [1.165, 1.54) is 37.4 Å². The maximum absolute atomic E-state index is 4.53. The van der Waals surface area contributed by atoms with Crippen LogP contribution in [0.5, 0.6) is 0 Å². The molecular formula is C7H16GeS3-2. The fourth-order valence-corrected chi connectivity index (χ4v) is 4.55. The van der Waals surface area contributed by atoms with Crippen LogP contribution in [0.1, 0.15) is 32.1 Å². The Labute approximate surface area is 96.1 Å². The second-order valence-electron chi connectivity index (χ2n) is 2.67. The SMILES string of the molecule is S[CH]1CCCCC[CH2][Ge]1.[SH-].[SH-]. The molecule has 1 rings (SSSR count). The van der Waals surface area contributed by atoms with E-state index in [1.54, 1.807) is 0 Å². The molecule has 0 aromatic carbocycles. The van der Waals surface area contributed by atoms with Gasteiger partial charge in [0.05, 0.1) is 0 Å². The third kappa shape index (κ3) is 7.94. The minimum absolute atomic E-state index is 0. The van der Waals surface area contributed by atoms with E-state index in [4.69, 9.17) is 0 Å². The Morgan fingerprint density at radius 2 is 1.64 bits per heavy atom. The van der Waals surface area contributed by atoms with Gasteiger partial charge in [0.15, 0.2) is 0 Å². The molecule has 1 aliphatic rings. The summed E-state index contributed by atoms with van der Waals surface area (Å²) in [5, 5.41) is 1.54. The first-order valence-electron chi connectivity index (χ1n) is 3.81. The van der Waals surface area contributed by atoms with Gasteiger partial charge in [-0.25, -0.2) is 0 Å². The molecular weight excluding hydrogens is 253 g/mol. The Bertz CT molecular complexity index is 72.1. The summed E-state index contributed by atoms with van der Waals surface area (Å²) in [6.07, 6.45) is 7.30. The first-order chi connectivity index (χ1) is 4.39. The Balaban J connectivity index is 0. The average Bonchev–Trinajstić information content (AvgIpc) is 1.79. The van der Waals surface area contributed by atoms with Crippen molar-refractivity contribution in [2.75, 3.05) is 0 Å². The zero-order valence-electron chi connectivity index (χ0n) is 6.66. The van der Waals surface area contributed by atoms with E-state index in [0.717, 1.165) is 4.08 Å². The van der Waals surface area contributed by atoms with Crippen molar-refractivity contribution < 1.29 is 0 Å². The fraction of sp³-hybridized carbons (Fsp3) is 1.00. The molecule has 1 fully saturated rings. The largest absolute Gasteiger partial charge is 0.813 e. The van der Waals surface area contributed by atoms with Crippen LogP contribution in [-0.2, 0) is 27.0 Å². The number of thiol groups is 3. The molecule has 68 valence electrons. The van der Waals surface area contributed by atoms with Gasteiger partial charge >= 0.3 is 69.5 Å². The Morgan fingerprint density at radius 1 is 1.00 bits per heavy atom. The van der Waals surface area contributed by atoms with E-state index in [-0.39, 0.29) is 27.0 Å². The zero-order chi connectivity index (χ0) is 6.53. The van der Waals surface area contributed by atoms with Gasteiger partial charge in [-0.1, -0.05) is 0 Å². The molecule has 0 nitrogen and oxygen atoms in total. The summed E-state index contributed by atoms with van der Waals surface area (Å²) in [4.78, 5) is 0. The van der Waals surface area contributed by atoms with Gasteiger partial charge < -0.3 is 27.0 Å². The minimum atomic E-state index is 0. The van der Waals surface area contributed by atoms with Crippen LogP contribution < -0.4 is 0 Å². The van der Waals surface area contributed by atoms with E-state index in [9.17, 15) is 0 Å². The summed E-state index contributed by atoms with van der Waals surface area (Å²) in [5.41, 5.74) is 0. The summed E-state index contributed by atoms with van der Waals surface area (Å²) in [7, 11) is 0. The van der Waals surface area contributed by atoms with E-state index < -0.39 is 0 Å². The molecule has 0 saturated carbocycles. The van der Waals surface area contributed by atoms with Crippen molar-refractivity contribution >= 4 is 55.1 Å². The van der Waals surface area contributed by atoms with Gasteiger partial charge in [-0.05, 0) is 0 Å². The summed E-state index contributed by atoms with van der Waals surface area (Å²) < 4.78 is 0.838. The standard InChI is InChI=1S/C7H14GeS.2H2S/c9-7-5-3-1-2-4-6-8-7;;/h7,9H,1-6H2;2*1H2/p-2. The minimum Gasteiger partial charge on any atom is -0.813 e. The molecule has 0 spiro atoms. The predicted octanol–water partition coefficient (Wildman–Crippen LogP) is 1.79. The predicted molar refractivity (Wildman–Crippen MR) is 63.9 cm³/mol. The molecule has 1 unspecified atom stereocenters. The van der Waals surface area contributed by atoms with Crippen LogP contribution in [0.2, 0.25) is 5.25 Å². The van der Waals surface area contributed by atoms with Crippen molar-refractivity contribution in [1.29, 1.82) is 0 Å². The first-order valence-corrected chi connectivity index (χ1v) is 7.02. The number of hydrogen-bond acceptors (Lipinski definition) is 3. The topological polar surface area (TPSA) is 0 Å². The van der Waals surface area contributed by atoms with Crippen molar-refractivity contribution in [2.24, 2.45) is 0 Å². The Hall–Kier alpha value is 1.59. The van der Waals surface area contributed by atoms with E-state index in [0.29, 0.717) is 15.4 Å². The fourth-order valence-electron chi connectivity index (χ4n) is 1.19. The molecule has 0 bridgehead atoms. The second kappa shape index (κ2) is 9.68. The number of hydrogen-bond donors (Lipinski definition) is 1. The van der Waals surface area contributed by atoms with Gasteiger partial charge in [-0.2, -0.15) is 0 Å². The van der Waals surface area contributed by atoms with Crippen LogP contribution in [-0.4, -0.2) is 19.5 Å². The van der Waals surface area contributed by atoms with Gasteiger partial charge in [-0.3, -0.25) is 0 Å². The summed E-state index contributed by atoms with van der Waals surface area (Å²) in [6.45, 7) is 0. The van der Waals surface area contributed by atoms with Crippen LogP contribution in [0.25, 0.3) is 0 Å². The Kier molecular flexibility index (Phi) is 13.3. The maximum atomic E-state index is 4.53. The molecule has 1 atom stereocenters. The van der Waals surface area contributed by atoms with Gasteiger partial charge in [0.25, 0.3) is 0 Å². The summed E-state index contributed by atoms with van der Waals surface area (Å²) >= 11 is 4.88. The molecule has 0 amide bonds. The van der Waals surface area contributed by atoms with Crippen LogP contribution in [0.3, 0.4) is 0 Å². The van der Waals surface area contributed by atoms with Crippen molar-refractivity contribution in [3.05, 3.63) is 0 Å². The Morgan fingerprint density at radius 3 is 2.36 bits per heavy atom. The van der Waals surface area contributed by atoms with Gasteiger partial charge in [0.2, 0.25) is 0 Å². The molecule has 11 heavy (non-hydrogen) atoms. The van der Waals surface area contributed by atoms with Gasteiger partial charge in [0, 0.05) is 0 Å². The monoisotopic (exact) mass is 270 g/mol. The van der Waals surface area contributed by atoms with E-state index >= 15 is 0 Å². The molecule has 0 aliphatic carbocycles. The normalized spacial score (nSPS) is 25.4. The molecule has 0 aromatic rings. The van der Waals surface area contributed by atoms with E-state index in [1.807, 2.05) is 0 Å². The van der Waals surface area contributed by atoms with Crippen molar-refractivity contribution in [2.45, 2.75) is 41.4 Å². The molecule has 2 radical (unpaired) electrons. The molecule has 4 heteroatoms. The molecule has 1 aliphatic heterocycles. The zero-order valence-corrected chi connectivity index (χ0v) is 11.4. The number of rotatable bonds is 0. The van der Waals surface area contributed by atoms with Crippen molar-refractivity contribution in [1.82, 2.24) is 0 Å². The van der Waals surface area contributed by atoms with Crippen LogP contribution >= 0.6 is 12.6 Å². The van der Waals surface area contributed by atoms with Crippen LogP contribution in [0.15, 0.2) is 0 Å². The van der Waals surface area contributed by atoms with Crippen molar-refractivity contribution in [3.63, 3.8) is 0 Å². The molecule has 1 heterocycles. The van der Waals surface area contributed by atoms with Gasteiger partial charge in [-0.15, -0.1) is 0 Å². The third-order valence-electron chi connectivity index (χ3n) is 1.78. The third-order valence-corrected chi connectivity index (χ3v) is 5.93. The molecule has 0 aromatic heterocycles. The average molecular weight is 269 g/mol. The smallest absolute Gasteiger partial charge is 0.813 e. The maximum Gasteiger partial charge on any atom is -0.813 e.